The molecule has 0 atom stereocenters. The van der Waals surface area contributed by atoms with E-state index in [0.717, 1.165) is 0 Å². The molecule has 3 heterocycles. The van der Waals surface area contributed by atoms with Gasteiger partial charge >= 0.3 is 18.2 Å². The Morgan fingerprint density at radius 1 is 0.552 bits per heavy atom. The van der Waals surface area contributed by atoms with Gasteiger partial charge in [0, 0.05) is 57.5 Å². The van der Waals surface area contributed by atoms with E-state index in [2.05, 4.69) is 10.6 Å². The van der Waals surface area contributed by atoms with E-state index in [9.17, 15) is 38.4 Å². The predicted molar refractivity (Wildman–Crippen MR) is 252 cm³/mol. The quantitative estimate of drug-likeness (QED) is 0.128. The van der Waals surface area contributed by atoms with Gasteiger partial charge in [-0.2, -0.15) is 0 Å². The van der Waals surface area contributed by atoms with E-state index in [4.69, 9.17) is 33.6 Å². The molecule has 3 aromatic heterocycles. The number of benzene rings is 3. The number of carboxylic acid groups (broad SMARTS) is 1. The molecule has 0 unspecified atom stereocenters. The maximum atomic E-state index is 12.3. The largest absolute Gasteiger partial charge is 0.478 e. The number of carbonyl (C=O) groups is 5. The molecule has 0 aliphatic heterocycles. The average molecular weight is 948 g/mol. The number of rotatable bonds is 8. The molecule has 358 valence electrons. The lowest BCUT2D eigenvalue weighted by Gasteiger charge is -2.19. The van der Waals surface area contributed by atoms with Crippen LogP contribution < -0.4 is 32.7 Å². The molecule has 6 aromatic rings. The number of carbonyl (C=O) groups excluding carboxylic acids is 4. The zero-order valence-electron chi connectivity index (χ0n) is 38.7. The van der Waals surface area contributed by atoms with Gasteiger partial charge < -0.3 is 54.0 Å². The van der Waals surface area contributed by atoms with Gasteiger partial charge in [-0.15, -0.1) is 12.4 Å². The summed E-state index contributed by atoms with van der Waals surface area (Å²) in [7, 11) is 6.60. The average Bonchev–Trinajstić information content (AvgIpc) is 3.23. The summed E-state index contributed by atoms with van der Waals surface area (Å²) in [6.45, 7) is 10.7. The molecule has 0 aliphatic carbocycles. The molecule has 6 rings (SSSR count). The zero-order valence-corrected chi connectivity index (χ0v) is 39.5. The molecule has 0 bridgehead atoms. The third-order valence-electron chi connectivity index (χ3n) is 8.70. The van der Waals surface area contributed by atoms with E-state index >= 15 is 0 Å². The van der Waals surface area contributed by atoms with E-state index in [-0.39, 0.29) is 82.4 Å². The Kier molecular flexibility index (Phi) is 18.2. The third-order valence-corrected chi connectivity index (χ3v) is 8.70. The van der Waals surface area contributed by atoms with Crippen molar-refractivity contribution < 1.29 is 51.8 Å². The number of fused-ring (bicyclic) bond motifs is 3. The molecule has 3 aromatic carbocycles. The van der Waals surface area contributed by atoms with Crippen molar-refractivity contribution in [3.05, 3.63) is 137 Å². The number of ether oxygens (including phenoxy) is 2. The minimum Gasteiger partial charge on any atom is -0.478 e. The van der Waals surface area contributed by atoms with Crippen molar-refractivity contribution in [2.24, 2.45) is 5.73 Å². The van der Waals surface area contributed by atoms with Crippen LogP contribution in [0.1, 0.15) is 89.9 Å². The molecular weight excluding hydrogens is 894 g/mol. The number of nitrogens with zero attached hydrogens (tertiary/aromatic N) is 2. The highest BCUT2D eigenvalue weighted by Crippen LogP contribution is 2.18. The fourth-order valence-corrected chi connectivity index (χ4v) is 5.76. The van der Waals surface area contributed by atoms with Gasteiger partial charge in [0.05, 0.1) is 41.4 Å². The SMILES string of the molecule is CC(C)(C)OC(=O)NCc1cc(=O)c2cc(C(=O)O)ccc2o1.CN(C)C(=O)c1ccc2oc(CN)cc(=O)c2c1.CN(C)C(=O)c1ccc2oc(CNC(=O)OC(C)(C)C)cc(=O)c2c1.Cl. The molecule has 0 saturated carbocycles. The van der Waals surface area contributed by atoms with Gasteiger partial charge in [-0.25, -0.2) is 14.4 Å². The molecule has 4 amide bonds. The minimum absolute atomic E-state index is 0. The van der Waals surface area contributed by atoms with Gasteiger partial charge in [0.1, 0.15) is 45.2 Å². The van der Waals surface area contributed by atoms with Crippen LogP contribution in [0.15, 0.2) is 100 Å². The normalized spacial score (nSPS) is 10.9. The number of nitrogens with one attached hydrogen (secondary N) is 2. The molecule has 5 N–H and O–H groups in total. The van der Waals surface area contributed by atoms with Gasteiger partial charge in [-0.3, -0.25) is 24.0 Å². The Morgan fingerprint density at radius 2 is 0.866 bits per heavy atom. The lowest BCUT2D eigenvalue weighted by atomic mass is 10.1. The van der Waals surface area contributed by atoms with Gasteiger partial charge in [-0.05, 0) is 96.1 Å². The molecule has 67 heavy (non-hydrogen) atoms. The fourth-order valence-electron chi connectivity index (χ4n) is 5.76. The Hall–Kier alpha value is -7.51. The standard InChI is InChI=1S/C18H22N2O5.C16H17NO6.C13H14N2O3.ClH/c1-18(2,3)25-17(23)19-10-12-9-14(21)13-8-11(16(22)20(4)5)6-7-15(13)24-12;1-16(2,3)23-15(21)17-8-10-7-12(18)11-6-9(14(19)20)4-5-13(11)22-10;1-15(2)13(17)8-3-4-12-10(5-8)11(16)6-9(7-14)18-12;/h6-9H,10H2,1-5H3,(H,19,23);4-7H,8H2,1-3H3,(H,17,21)(H,19,20);3-6H,7,14H2,1-2H3;1H. The van der Waals surface area contributed by atoms with Crippen LogP contribution in [0.5, 0.6) is 0 Å². The van der Waals surface area contributed by atoms with Crippen LogP contribution in [0.25, 0.3) is 32.9 Å². The molecular formula is C47H54ClN5O14. The molecule has 0 radical (unpaired) electrons. The van der Waals surface area contributed by atoms with Gasteiger partial charge in [0.15, 0.2) is 16.3 Å². The highest BCUT2D eigenvalue weighted by atomic mass is 35.5. The summed E-state index contributed by atoms with van der Waals surface area (Å²) in [5, 5.41) is 14.8. The van der Waals surface area contributed by atoms with Crippen molar-refractivity contribution in [3.63, 3.8) is 0 Å². The van der Waals surface area contributed by atoms with Crippen LogP contribution in [-0.2, 0) is 29.1 Å². The number of carboxylic acids is 1. The van der Waals surface area contributed by atoms with Gasteiger partial charge in [0.2, 0.25) is 0 Å². The molecule has 0 spiro atoms. The summed E-state index contributed by atoms with van der Waals surface area (Å²) in [5.41, 5.74) is 5.27. The molecule has 20 heteroatoms. The van der Waals surface area contributed by atoms with Crippen molar-refractivity contribution in [2.45, 2.75) is 72.4 Å². The second-order valence-corrected chi connectivity index (χ2v) is 17.0. The van der Waals surface area contributed by atoms with Crippen molar-refractivity contribution in [3.8, 4) is 0 Å². The number of aromatic carboxylic acids is 1. The van der Waals surface area contributed by atoms with E-state index in [1.807, 2.05) is 0 Å². The first-order chi connectivity index (χ1) is 30.7. The molecule has 19 nitrogen and oxygen atoms in total. The second-order valence-electron chi connectivity index (χ2n) is 17.0. The van der Waals surface area contributed by atoms with Crippen LogP contribution in [0.3, 0.4) is 0 Å². The number of hydrogen-bond acceptors (Lipinski definition) is 14. The van der Waals surface area contributed by atoms with Gasteiger partial charge in [0.25, 0.3) is 11.8 Å². The first kappa shape index (κ1) is 53.8. The van der Waals surface area contributed by atoms with E-state index < -0.39 is 29.4 Å². The van der Waals surface area contributed by atoms with Crippen LogP contribution in [0.2, 0.25) is 0 Å². The summed E-state index contributed by atoms with van der Waals surface area (Å²) >= 11 is 0. The Morgan fingerprint density at radius 3 is 1.18 bits per heavy atom. The van der Waals surface area contributed by atoms with Crippen LogP contribution in [-0.4, -0.2) is 84.3 Å². The van der Waals surface area contributed by atoms with E-state index in [1.165, 1.54) is 52.3 Å². The van der Waals surface area contributed by atoms with Crippen molar-refractivity contribution in [1.29, 1.82) is 0 Å². The lowest BCUT2D eigenvalue weighted by Crippen LogP contribution is -2.32. The summed E-state index contributed by atoms with van der Waals surface area (Å²) in [6, 6.07) is 17.4. The topological polar surface area (TPSA) is 271 Å². The van der Waals surface area contributed by atoms with Crippen molar-refractivity contribution in [2.75, 3.05) is 28.2 Å². The van der Waals surface area contributed by atoms with Crippen LogP contribution >= 0.6 is 12.4 Å². The predicted octanol–water partition coefficient (Wildman–Crippen LogP) is 6.41. The summed E-state index contributed by atoms with van der Waals surface area (Å²) in [4.78, 5) is 97.0. The Balaban J connectivity index is 0.000000268. The lowest BCUT2D eigenvalue weighted by molar-refractivity contribution is 0.0509. The number of hydrogen-bond donors (Lipinski definition) is 4. The van der Waals surface area contributed by atoms with Crippen LogP contribution in [0, 0.1) is 0 Å². The Bertz CT molecular complexity index is 2980. The summed E-state index contributed by atoms with van der Waals surface area (Å²) in [6.07, 6.45) is -1.22. The monoisotopic (exact) mass is 947 g/mol. The highest BCUT2D eigenvalue weighted by molar-refractivity contribution is 5.98. The first-order valence-electron chi connectivity index (χ1n) is 20.3. The molecule has 0 saturated heterocycles. The van der Waals surface area contributed by atoms with E-state index in [1.54, 1.807) is 100 Å². The maximum Gasteiger partial charge on any atom is 0.408 e. The molecule has 0 aliphatic rings. The third kappa shape index (κ3) is 15.6. The van der Waals surface area contributed by atoms with Crippen molar-refractivity contribution >= 4 is 75.3 Å². The first-order valence-corrected chi connectivity index (χ1v) is 20.3. The van der Waals surface area contributed by atoms with Crippen LogP contribution in [0.4, 0.5) is 9.59 Å². The number of alkyl carbamates (subject to hydrolysis) is 2. The fraction of sp³-hybridized carbons (Fsp3) is 0.319. The zero-order chi connectivity index (χ0) is 49.3. The van der Waals surface area contributed by atoms with Crippen molar-refractivity contribution in [1.82, 2.24) is 20.4 Å². The van der Waals surface area contributed by atoms with Gasteiger partial charge in [-0.1, -0.05) is 0 Å². The number of amides is 4. The maximum absolute atomic E-state index is 12.3. The Labute approximate surface area is 390 Å². The smallest absolute Gasteiger partial charge is 0.408 e. The number of halogens is 1. The minimum atomic E-state index is -1.12. The highest BCUT2D eigenvalue weighted by Gasteiger charge is 2.19. The number of nitrogens with two attached hydrogens (primary N) is 1. The van der Waals surface area contributed by atoms with E-state index in [0.29, 0.717) is 44.6 Å². The second kappa shape index (κ2) is 22.6. The summed E-state index contributed by atoms with van der Waals surface area (Å²) in [5.74, 6) is -0.496. The summed E-state index contributed by atoms with van der Waals surface area (Å²) < 4.78 is 26.8. The molecule has 0 fully saturated rings.